The second-order valence-corrected chi connectivity index (χ2v) is 5.96. The summed E-state index contributed by atoms with van der Waals surface area (Å²) in [4.78, 5) is 2.85. The fourth-order valence-electron chi connectivity index (χ4n) is 1.19. The third-order valence-corrected chi connectivity index (χ3v) is 4.08. The monoisotopic (exact) mass is 284 g/mol. The van der Waals surface area contributed by atoms with Crippen LogP contribution in [0.2, 0.25) is 0 Å². The third kappa shape index (κ3) is 3.14. The Balaban J connectivity index is 2.10. The van der Waals surface area contributed by atoms with Crippen molar-refractivity contribution < 1.29 is 12.8 Å². The molecule has 0 aliphatic rings. The van der Waals surface area contributed by atoms with Crippen LogP contribution in [0.3, 0.4) is 0 Å². The molecule has 1 N–H and O–H groups in total. The summed E-state index contributed by atoms with van der Waals surface area (Å²) in [6, 6.07) is 8.16. The van der Waals surface area contributed by atoms with Gasteiger partial charge in [0.1, 0.15) is 5.82 Å². The summed E-state index contributed by atoms with van der Waals surface area (Å²) in [6.07, 6.45) is 1.41. The van der Waals surface area contributed by atoms with Gasteiger partial charge in [-0.05, 0) is 35.7 Å². The van der Waals surface area contributed by atoms with Crippen molar-refractivity contribution in [2.75, 3.05) is 0 Å². The van der Waals surface area contributed by atoms with Gasteiger partial charge in [-0.15, -0.1) is 11.3 Å². The van der Waals surface area contributed by atoms with E-state index in [1.165, 1.54) is 29.7 Å². The zero-order valence-corrected chi connectivity index (χ0v) is 10.7. The van der Waals surface area contributed by atoms with Crippen LogP contribution in [0, 0.1) is 5.82 Å². The second-order valence-electron chi connectivity index (χ2n) is 3.32. The fraction of sp³-hybridized carbons (Fsp3) is 0. The van der Waals surface area contributed by atoms with Gasteiger partial charge in [0.2, 0.25) is 0 Å². The predicted octanol–water partition coefficient (Wildman–Crippen LogP) is 2.20. The Kier molecular flexibility index (Phi) is 3.73. The highest BCUT2D eigenvalue weighted by molar-refractivity contribution is 7.89. The maximum absolute atomic E-state index is 12.7. The molecule has 1 heterocycles. The van der Waals surface area contributed by atoms with Gasteiger partial charge in [0, 0.05) is 4.88 Å². The highest BCUT2D eigenvalue weighted by Crippen LogP contribution is 2.09. The largest absolute Gasteiger partial charge is 0.276 e. The van der Waals surface area contributed by atoms with Crippen molar-refractivity contribution in [3.8, 4) is 0 Å². The summed E-state index contributed by atoms with van der Waals surface area (Å²) in [5.74, 6) is -0.490. The Morgan fingerprint density at radius 2 is 1.94 bits per heavy atom. The Morgan fingerprint density at radius 3 is 2.56 bits per heavy atom. The lowest BCUT2D eigenvalue weighted by Crippen LogP contribution is -2.18. The Hall–Kier alpha value is -1.73. The number of benzene rings is 1. The van der Waals surface area contributed by atoms with E-state index in [1.54, 1.807) is 6.07 Å². The van der Waals surface area contributed by atoms with Crippen LogP contribution >= 0.6 is 11.3 Å². The van der Waals surface area contributed by atoms with Crippen molar-refractivity contribution in [1.82, 2.24) is 4.83 Å². The smallest absolute Gasteiger partial charge is 0.207 e. The number of halogens is 1. The highest BCUT2D eigenvalue weighted by Gasteiger charge is 2.12. The van der Waals surface area contributed by atoms with E-state index in [-0.39, 0.29) is 4.90 Å². The minimum atomic E-state index is -3.74. The molecule has 7 heteroatoms. The van der Waals surface area contributed by atoms with E-state index in [1.807, 2.05) is 11.4 Å². The summed E-state index contributed by atoms with van der Waals surface area (Å²) in [6.45, 7) is 0. The van der Waals surface area contributed by atoms with Crippen molar-refractivity contribution in [3.63, 3.8) is 0 Å². The van der Waals surface area contributed by atoms with E-state index in [0.717, 1.165) is 17.0 Å². The molecule has 0 amide bonds. The molecule has 4 nitrogen and oxygen atoms in total. The number of rotatable bonds is 4. The van der Waals surface area contributed by atoms with Crippen LogP contribution in [0.15, 0.2) is 51.8 Å². The minimum absolute atomic E-state index is 0.0350. The van der Waals surface area contributed by atoms with Crippen LogP contribution in [0.25, 0.3) is 0 Å². The molecule has 94 valence electrons. The zero-order valence-electron chi connectivity index (χ0n) is 9.08. The van der Waals surface area contributed by atoms with Crippen LogP contribution in [0.5, 0.6) is 0 Å². The molecule has 0 atom stereocenters. The van der Waals surface area contributed by atoms with Gasteiger partial charge in [0.05, 0.1) is 11.1 Å². The lowest BCUT2D eigenvalue weighted by molar-refractivity contribution is 0.583. The summed E-state index contributed by atoms with van der Waals surface area (Å²) in [5.41, 5.74) is 0. The number of sulfonamides is 1. The van der Waals surface area contributed by atoms with Crippen LogP contribution in [0.1, 0.15) is 4.88 Å². The van der Waals surface area contributed by atoms with Gasteiger partial charge in [0.25, 0.3) is 10.0 Å². The van der Waals surface area contributed by atoms with Crippen LogP contribution in [0.4, 0.5) is 4.39 Å². The molecule has 0 unspecified atom stereocenters. The van der Waals surface area contributed by atoms with Crippen molar-refractivity contribution in [2.24, 2.45) is 5.10 Å². The van der Waals surface area contributed by atoms with Crippen molar-refractivity contribution in [2.45, 2.75) is 4.90 Å². The quantitative estimate of drug-likeness (QED) is 0.691. The predicted molar refractivity (Wildman–Crippen MR) is 68.6 cm³/mol. The first kappa shape index (κ1) is 12.7. The molecule has 0 fully saturated rings. The van der Waals surface area contributed by atoms with Gasteiger partial charge < -0.3 is 0 Å². The average Bonchev–Trinajstić information content (AvgIpc) is 2.82. The molecular weight excluding hydrogens is 275 g/mol. The molecule has 2 aromatic rings. The lowest BCUT2D eigenvalue weighted by Gasteiger charge is -2.02. The number of hydrogen-bond donors (Lipinski definition) is 1. The SMILES string of the molecule is O=S(=O)(N/N=C/c1cccs1)c1ccc(F)cc1. The Morgan fingerprint density at radius 1 is 1.22 bits per heavy atom. The summed E-state index contributed by atoms with van der Waals surface area (Å²) >= 11 is 1.44. The van der Waals surface area contributed by atoms with E-state index in [9.17, 15) is 12.8 Å². The Labute approximate surface area is 108 Å². The molecule has 0 spiro atoms. The van der Waals surface area contributed by atoms with Crippen LogP contribution < -0.4 is 4.83 Å². The minimum Gasteiger partial charge on any atom is -0.207 e. The van der Waals surface area contributed by atoms with E-state index in [2.05, 4.69) is 9.93 Å². The molecule has 18 heavy (non-hydrogen) atoms. The summed E-state index contributed by atoms with van der Waals surface area (Å²) in [5, 5.41) is 5.49. The maximum atomic E-state index is 12.7. The number of hydrogen-bond acceptors (Lipinski definition) is 4. The molecule has 2 rings (SSSR count). The van der Waals surface area contributed by atoms with Crippen molar-refractivity contribution in [3.05, 3.63) is 52.5 Å². The van der Waals surface area contributed by atoms with Gasteiger partial charge >= 0.3 is 0 Å². The third-order valence-electron chi connectivity index (χ3n) is 2.03. The molecule has 0 bridgehead atoms. The molecule has 1 aromatic heterocycles. The van der Waals surface area contributed by atoms with Gasteiger partial charge in [-0.1, -0.05) is 6.07 Å². The number of hydrazone groups is 1. The van der Waals surface area contributed by atoms with Gasteiger partial charge in [-0.3, -0.25) is 0 Å². The first-order chi connectivity index (χ1) is 8.58. The summed E-state index contributed by atoms with van der Waals surface area (Å²) < 4.78 is 36.1. The van der Waals surface area contributed by atoms with Gasteiger partial charge in [-0.25, -0.2) is 9.22 Å². The van der Waals surface area contributed by atoms with Crippen LogP contribution in [-0.4, -0.2) is 14.6 Å². The van der Waals surface area contributed by atoms with Crippen molar-refractivity contribution in [1.29, 1.82) is 0 Å². The summed E-state index contributed by atoms with van der Waals surface area (Å²) in [7, 11) is -3.74. The average molecular weight is 284 g/mol. The molecule has 0 aliphatic carbocycles. The van der Waals surface area contributed by atoms with Crippen molar-refractivity contribution >= 4 is 27.6 Å². The Bertz CT molecular complexity index is 634. The molecule has 0 radical (unpaired) electrons. The van der Waals surface area contributed by atoms with E-state index in [0.29, 0.717) is 0 Å². The van der Waals surface area contributed by atoms with E-state index in [4.69, 9.17) is 0 Å². The first-order valence-corrected chi connectivity index (χ1v) is 7.28. The molecule has 0 saturated carbocycles. The fourth-order valence-corrected chi connectivity index (χ4v) is 2.57. The molecule has 0 aliphatic heterocycles. The number of nitrogens with zero attached hydrogens (tertiary/aromatic N) is 1. The molecular formula is C11H9FN2O2S2. The van der Waals surface area contributed by atoms with Gasteiger partial charge in [0.15, 0.2) is 0 Å². The molecule has 0 saturated heterocycles. The number of nitrogens with one attached hydrogen (secondary N) is 1. The van der Waals surface area contributed by atoms with Gasteiger partial charge in [-0.2, -0.15) is 13.5 Å². The zero-order chi connectivity index (χ0) is 13.0. The standard InChI is InChI=1S/C11H9FN2O2S2/c12-9-3-5-11(6-4-9)18(15,16)14-13-8-10-2-1-7-17-10/h1-8,14H/b13-8+. The second kappa shape index (κ2) is 5.28. The highest BCUT2D eigenvalue weighted by atomic mass is 32.2. The lowest BCUT2D eigenvalue weighted by atomic mass is 10.4. The topological polar surface area (TPSA) is 58.5 Å². The van der Waals surface area contributed by atoms with E-state index >= 15 is 0 Å². The van der Waals surface area contributed by atoms with Crippen LogP contribution in [-0.2, 0) is 10.0 Å². The normalized spacial score (nSPS) is 11.8. The van der Waals surface area contributed by atoms with E-state index < -0.39 is 15.8 Å². The maximum Gasteiger partial charge on any atom is 0.276 e. The molecule has 1 aromatic carbocycles. The first-order valence-electron chi connectivity index (χ1n) is 4.92. The number of thiophene rings is 1.